The number of rotatable bonds is 7. The molecule has 1 saturated carbocycles. The molecule has 2 rings (SSSR count). The van der Waals surface area contributed by atoms with E-state index in [1.54, 1.807) is 0 Å². The van der Waals surface area contributed by atoms with Gasteiger partial charge in [0.15, 0.2) is 15.7 Å². The van der Waals surface area contributed by atoms with E-state index in [-0.39, 0.29) is 23.0 Å². The maximum atomic E-state index is 11.7. The number of carbonyl (C=O) groups excluding carboxylic acids is 1. The number of nitrogens with one attached hydrogen (secondary N) is 2. The maximum Gasteiger partial charge on any atom is 0.329 e. The molecular formula is C12H20N4O4S. The number of carbonyl (C=O) groups is 1. The van der Waals surface area contributed by atoms with Gasteiger partial charge in [-0.1, -0.05) is 18.5 Å². The largest absolute Gasteiger partial charge is 0.337 e. The summed E-state index contributed by atoms with van der Waals surface area (Å²) in [6, 6.07) is -0.529. The summed E-state index contributed by atoms with van der Waals surface area (Å²) in [5, 5.41) is 8.68. The molecule has 0 unspecified atom stereocenters. The zero-order valence-electron chi connectivity index (χ0n) is 12.2. The molecule has 8 nitrogen and oxygen atoms in total. The minimum absolute atomic E-state index is 0.0254. The van der Waals surface area contributed by atoms with Gasteiger partial charge in [-0.15, -0.1) is 0 Å². The van der Waals surface area contributed by atoms with Gasteiger partial charge in [0.25, 0.3) is 0 Å². The highest BCUT2D eigenvalue weighted by Crippen LogP contribution is 2.48. The zero-order chi connectivity index (χ0) is 15.5. The van der Waals surface area contributed by atoms with Gasteiger partial charge in [0.2, 0.25) is 0 Å². The molecule has 0 aromatic carbocycles. The Morgan fingerprint density at radius 3 is 2.71 bits per heavy atom. The normalized spacial score (nSPS) is 16.5. The first-order valence-electron chi connectivity index (χ1n) is 6.87. The Kier molecular flexibility index (Phi) is 4.50. The number of hydrogen-bond donors (Lipinski definition) is 2. The monoisotopic (exact) mass is 316 g/mol. The van der Waals surface area contributed by atoms with Gasteiger partial charge in [0.05, 0.1) is 0 Å². The fourth-order valence-corrected chi connectivity index (χ4v) is 2.82. The number of amides is 2. The average molecular weight is 316 g/mol. The van der Waals surface area contributed by atoms with Gasteiger partial charge < -0.3 is 9.84 Å². The number of nitrogens with zero attached hydrogens (tertiary/aromatic N) is 2. The third-order valence-corrected chi connectivity index (χ3v) is 4.22. The second-order valence-corrected chi connectivity index (χ2v) is 7.78. The van der Waals surface area contributed by atoms with Crippen molar-refractivity contribution < 1.29 is 17.7 Å². The summed E-state index contributed by atoms with van der Waals surface area (Å²) in [5.41, 5.74) is 0.252. The summed E-state index contributed by atoms with van der Waals surface area (Å²) >= 11 is 0. The SMILES string of the molecule is CCCC1(CNC(=O)Nc2nc(CS(C)(=O)=O)no2)CC1. The molecule has 0 atom stereocenters. The van der Waals surface area contributed by atoms with Crippen molar-refractivity contribution in [3.05, 3.63) is 5.82 Å². The summed E-state index contributed by atoms with van der Waals surface area (Å²) in [7, 11) is -3.23. The fraction of sp³-hybridized carbons (Fsp3) is 0.750. The lowest BCUT2D eigenvalue weighted by atomic mass is 10.0. The smallest absolute Gasteiger partial charge is 0.329 e. The lowest BCUT2D eigenvalue weighted by Gasteiger charge is -2.14. The van der Waals surface area contributed by atoms with Crippen molar-refractivity contribution in [2.24, 2.45) is 5.41 Å². The zero-order valence-corrected chi connectivity index (χ0v) is 13.0. The Morgan fingerprint density at radius 2 is 2.14 bits per heavy atom. The summed E-state index contributed by atoms with van der Waals surface area (Å²) in [5.74, 6) is -0.295. The molecule has 0 saturated heterocycles. The molecule has 21 heavy (non-hydrogen) atoms. The number of sulfone groups is 1. The third-order valence-electron chi connectivity index (χ3n) is 3.44. The maximum absolute atomic E-state index is 11.7. The van der Waals surface area contributed by atoms with Crippen LogP contribution in [0.15, 0.2) is 4.52 Å². The number of hydrogen-bond acceptors (Lipinski definition) is 6. The third kappa shape index (κ3) is 5.00. The predicted octanol–water partition coefficient (Wildman–Crippen LogP) is 1.32. The minimum atomic E-state index is -3.23. The van der Waals surface area contributed by atoms with Crippen molar-refractivity contribution in [1.82, 2.24) is 15.5 Å². The van der Waals surface area contributed by atoms with E-state index >= 15 is 0 Å². The van der Waals surface area contributed by atoms with Gasteiger partial charge in [-0.3, -0.25) is 5.32 Å². The van der Waals surface area contributed by atoms with E-state index in [0.717, 1.165) is 31.9 Å². The van der Waals surface area contributed by atoms with Gasteiger partial charge in [0.1, 0.15) is 5.75 Å². The predicted molar refractivity (Wildman–Crippen MR) is 76.4 cm³/mol. The second kappa shape index (κ2) is 6.00. The summed E-state index contributed by atoms with van der Waals surface area (Å²) in [6.07, 6.45) is 5.56. The van der Waals surface area contributed by atoms with Crippen molar-refractivity contribution in [3.8, 4) is 0 Å². The van der Waals surface area contributed by atoms with E-state index in [2.05, 4.69) is 27.7 Å². The van der Waals surface area contributed by atoms with Crippen LogP contribution >= 0.6 is 0 Å². The van der Waals surface area contributed by atoms with Crippen molar-refractivity contribution in [2.45, 2.75) is 38.4 Å². The van der Waals surface area contributed by atoms with Crippen molar-refractivity contribution in [2.75, 3.05) is 18.1 Å². The van der Waals surface area contributed by atoms with E-state index in [4.69, 9.17) is 4.52 Å². The average Bonchev–Trinajstić information content (AvgIpc) is 3.00. The lowest BCUT2D eigenvalue weighted by Crippen LogP contribution is -2.33. The van der Waals surface area contributed by atoms with Crippen LogP contribution < -0.4 is 10.6 Å². The van der Waals surface area contributed by atoms with Crippen LogP contribution in [0.4, 0.5) is 10.8 Å². The summed E-state index contributed by atoms with van der Waals surface area (Å²) in [4.78, 5) is 15.5. The number of anilines is 1. The van der Waals surface area contributed by atoms with Crippen LogP contribution in [0.5, 0.6) is 0 Å². The van der Waals surface area contributed by atoms with Crippen LogP contribution in [-0.2, 0) is 15.6 Å². The molecule has 118 valence electrons. The first-order valence-corrected chi connectivity index (χ1v) is 8.93. The number of urea groups is 1. The molecule has 1 aliphatic carbocycles. The molecule has 2 amide bonds. The molecule has 1 aliphatic rings. The highest BCUT2D eigenvalue weighted by molar-refractivity contribution is 7.89. The first kappa shape index (κ1) is 15.7. The summed E-state index contributed by atoms with van der Waals surface area (Å²) < 4.78 is 27.0. The quantitative estimate of drug-likeness (QED) is 0.784. The molecule has 0 aliphatic heterocycles. The van der Waals surface area contributed by atoms with Crippen molar-refractivity contribution in [1.29, 1.82) is 0 Å². The van der Waals surface area contributed by atoms with Gasteiger partial charge >= 0.3 is 12.0 Å². The molecule has 9 heteroatoms. The molecule has 0 bridgehead atoms. The Balaban J connectivity index is 1.80. The van der Waals surface area contributed by atoms with Crippen molar-refractivity contribution in [3.63, 3.8) is 0 Å². The van der Waals surface area contributed by atoms with Gasteiger partial charge in [-0.25, -0.2) is 13.2 Å². The Bertz CT molecular complexity index is 607. The van der Waals surface area contributed by atoms with E-state index in [1.165, 1.54) is 0 Å². The molecule has 1 aromatic rings. The second-order valence-electron chi connectivity index (χ2n) is 5.64. The summed E-state index contributed by atoms with van der Waals surface area (Å²) in [6.45, 7) is 2.75. The van der Waals surface area contributed by atoms with Crippen LogP contribution in [0, 0.1) is 5.41 Å². The number of aromatic nitrogens is 2. The van der Waals surface area contributed by atoms with E-state index in [1.807, 2.05) is 0 Å². The Morgan fingerprint density at radius 1 is 1.43 bits per heavy atom. The molecule has 1 aromatic heterocycles. The van der Waals surface area contributed by atoms with Crippen molar-refractivity contribution >= 4 is 21.9 Å². The molecule has 1 heterocycles. The van der Waals surface area contributed by atoms with Gasteiger partial charge in [-0.05, 0) is 24.7 Å². The molecule has 2 N–H and O–H groups in total. The van der Waals surface area contributed by atoms with E-state index < -0.39 is 15.9 Å². The molecule has 0 radical (unpaired) electrons. The lowest BCUT2D eigenvalue weighted by molar-refractivity contribution is 0.247. The van der Waals surface area contributed by atoms with E-state index in [0.29, 0.717) is 6.54 Å². The minimum Gasteiger partial charge on any atom is -0.337 e. The Labute approximate surface area is 123 Å². The van der Waals surface area contributed by atoms with Crippen LogP contribution in [0.1, 0.15) is 38.4 Å². The van der Waals surface area contributed by atoms with Crippen LogP contribution in [0.25, 0.3) is 0 Å². The van der Waals surface area contributed by atoms with E-state index in [9.17, 15) is 13.2 Å². The van der Waals surface area contributed by atoms with Crippen LogP contribution in [-0.4, -0.2) is 37.4 Å². The van der Waals surface area contributed by atoms with Crippen LogP contribution in [0.2, 0.25) is 0 Å². The molecule has 0 spiro atoms. The highest BCUT2D eigenvalue weighted by atomic mass is 32.2. The topological polar surface area (TPSA) is 114 Å². The van der Waals surface area contributed by atoms with Gasteiger partial charge in [-0.2, -0.15) is 4.98 Å². The fourth-order valence-electron chi connectivity index (χ4n) is 2.23. The van der Waals surface area contributed by atoms with Crippen LogP contribution in [0.3, 0.4) is 0 Å². The highest BCUT2D eigenvalue weighted by Gasteiger charge is 2.41. The first-order chi connectivity index (χ1) is 9.82. The standard InChI is InChI=1S/C12H20N4O4S/c1-3-4-12(5-6-12)8-13-10(17)15-11-14-9(16-20-11)7-21(2,18)19/h3-8H2,1-2H3,(H2,13,14,15,16,17). The molecular weight excluding hydrogens is 296 g/mol. The Hall–Kier alpha value is -1.64. The van der Waals surface area contributed by atoms with Gasteiger partial charge in [0, 0.05) is 12.8 Å². The molecule has 1 fully saturated rings.